The van der Waals surface area contributed by atoms with E-state index in [2.05, 4.69) is 5.10 Å². The van der Waals surface area contributed by atoms with Crippen LogP contribution in [0.25, 0.3) is 0 Å². The maximum atomic E-state index is 8.07. The molecule has 1 heterocycles. The molecule has 38 valence electrons. The molecule has 0 fully saturated rings. The van der Waals surface area contributed by atoms with Crippen molar-refractivity contribution in [3.63, 3.8) is 0 Å². The molecule has 0 amide bonds. The Morgan fingerprint density at radius 3 is 3.12 bits per heavy atom. The van der Waals surface area contributed by atoms with Crippen LogP contribution in [0.5, 0.6) is 0 Å². The Labute approximate surface area is 47.8 Å². The summed E-state index contributed by atoms with van der Waals surface area (Å²) in [6.07, 6.45) is 3.32. The zero-order valence-corrected chi connectivity index (χ0v) is 4.15. The average Bonchev–Trinajstić information content (AvgIpc) is 2.19. The van der Waals surface area contributed by atoms with Crippen molar-refractivity contribution >= 4 is 7.41 Å². The Kier molecular flexibility index (Phi) is 1.33. The zero-order chi connectivity index (χ0) is 5.82. The van der Waals surface area contributed by atoms with E-state index in [9.17, 15) is 0 Å². The maximum absolute atomic E-state index is 8.07. The number of aromatic nitrogens is 2. The second kappa shape index (κ2) is 2.17. The van der Waals surface area contributed by atoms with Gasteiger partial charge in [0.05, 0.1) is 0 Å². The lowest BCUT2D eigenvalue weighted by atomic mass is 10.0. The van der Waals surface area contributed by atoms with Crippen LogP contribution in [0, 0.1) is 11.2 Å². The van der Waals surface area contributed by atoms with Crippen LogP contribution in [0.15, 0.2) is 18.5 Å². The molecule has 1 aromatic rings. The molecule has 8 heavy (non-hydrogen) atoms. The molecule has 0 saturated heterocycles. The molecule has 0 N–H and O–H groups in total. The first-order valence-electron chi connectivity index (χ1n) is 2.15. The lowest BCUT2D eigenvalue weighted by Crippen LogP contribution is -2.02. The van der Waals surface area contributed by atoms with Gasteiger partial charge in [-0.15, -0.1) is 0 Å². The van der Waals surface area contributed by atoms with Crippen molar-refractivity contribution in [3.8, 4) is 5.97 Å². The van der Waals surface area contributed by atoms with Crippen molar-refractivity contribution in [1.82, 2.24) is 9.69 Å². The molecule has 0 aromatic carbocycles. The summed E-state index contributed by atoms with van der Waals surface area (Å²) in [6.45, 7) is 0. The number of rotatable bonds is 1. The van der Waals surface area contributed by atoms with Gasteiger partial charge >= 0.3 is 0 Å². The SMILES string of the molecule is N#C[B-]n1cccn1. The van der Waals surface area contributed by atoms with Crippen molar-refractivity contribution in [2.24, 2.45) is 0 Å². The fourth-order valence-corrected chi connectivity index (χ4v) is 0.416. The number of hydrogen-bond acceptors (Lipinski definition) is 2. The van der Waals surface area contributed by atoms with Gasteiger partial charge in [-0.2, -0.15) is 0 Å². The molecule has 0 atom stereocenters. The van der Waals surface area contributed by atoms with Crippen LogP contribution in [0.1, 0.15) is 0 Å². The number of hydrogen-bond donors (Lipinski definition) is 0. The minimum Gasteiger partial charge on any atom is -0.499 e. The lowest BCUT2D eigenvalue weighted by molar-refractivity contribution is 0.982. The summed E-state index contributed by atoms with van der Waals surface area (Å²) in [4.78, 5) is 0. The van der Waals surface area contributed by atoms with Crippen molar-refractivity contribution in [2.45, 2.75) is 0 Å². The molecule has 0 unspecified atom stereocenters. The van der Waals surface area contributed by atoms with E-state index in [1.165, 1.54) is 12.0 Å². The van der Waals surface area contributed by atoms with Gasteiger partial charge in [0.25, 0.3) is 0 Å². The van der Waals surface area contributed by atoms with Crippen LogP contribution >= 0.6 is 0 Å². The van der Waals surface area contributed by atoms with Crippen molar-refractivity contribution in [1.29, 1.82) is 5.26 Å². The molecule has 0 aliphatic rings. The van der Waals surface area contributed by atoms with E-state index in [-0.39, 0.29) is 0 Å². The topological polar surface area (TPSA) is 41.6 Å². The van der Waals surface area contributed by atoms with E-state index >= 15 is 0 Å². The summed E-state index contributed by atoms with van der Waals surface area (Å²) in [7, 11) is 1.32. The molecule has 1 aromatic heterocycles. The monoisotopic (exact) mass is 104 g/mol. The first-order valence-corrected chi connectivity index (χ1v) is 2.15. The van der Waals surface area contributed by atoms with Gasteiger partial charge in [0.1, 0.15) is 0 Å². The fourth-order valence-electron chi connectivity index (χ4n) is 0.416. The third-order valence-corrected chi connectivity index (χ3v) is 0.715. The largest absolute Gasteiger partial charge is 0.499 e. The van der Waals surface area contributed by atoms with Crippen molar-refractivity contribution in [3.05, 3.63) is 18.5 Å². The predicted molar refractivity (Wildman–Crippen MR) is 29.0 cm³/mol. The predicted octanol–water partition coefficient (Wildman–Crippen LogP) is -0.169. The third-order valence-electron chi connectivity index (χ3n) is 0.715. The smallest absolute Gasteiger partial charge is 0.0442 e. The molecule has 3 nitrogen and oxygen atoms in total. The lowest BCUT2D eigenvalue weighted by Gasteiger charge is -2.03. The Balaban J connectivity index is 2.67. The first kappa shape index (κ1) is 4.91. The Morgan fingerprint density at radius 1 is 1.75 bits per heavy atom. The Bertz CT molecular complexity index is 186. The molecule has 4 heteroatoms. The highest BCUT2D eigenvalue weighted by molar-refractivity contribution is 6.42. The molecule has 0 aliphatic carbocycles. The van der Waals surface area contributed by atoms with E-state index in [4.69, 9.17) is 5.26 Å². The first-order chi connectivity index (χ1) is 3.93. The summed E-state index contributed by atoms with van der Waals surface area (Å²) in [6, 6.07) is 1.76. The number of nitrogens with zero attached hydrogens (tertiary/aromatic N) is 3. The summed E-state index contributed by atoms with van der Waals surface area (Å²) in [5.41, 5.74) is 0. The minimum absolute atomic E-state index is 1.32. The summed E-state index contributed by atoms with van der Waals surface area (Å²) in [5, 5.41) is 11.8. The van der Waals surface area contributed by atoms with Crippen LogP contribution < -0.4 is 0 Å². The quantitative estimate of drug-likeness (QED) is 0.464. The molecular formula is C4H3BN3-. The van der Waals surface area contributed by atoms with Crippen LogP contribution in [0.3, 0.4) is 0 Å². The molecular weight excluding hydrogens is 101 g/mol. The van der Waals surface area contributed by atoms with Crippen molar-refractivity contribution in [2.75, 3.05) is 0 Å². The van der Waals surface area contributed by atoms with Gasteiger partial charge in [0, 0.05) is 6.20 Å². The van der Waals surface area contributed by atoms with Gasteiger partial charge in [-0.25, -0.2) is 11.1 Å². The third kappa shape index (κ3) is 0.879. The molecule has 2 radical (unpaired) electrons. The molecule has 0 saturated carbocycles. The summed E-state index contributed by atoms with van der Waals surface area (Å²) >= 11 is 0. The van der Waals surface area contributed by atoms with Gasteiger partial charge in [-0.1, -0.05) is 0 Å². The molecule has 0 aliphatic heterocycles. The molecule has 0 spiro atoms. The average molecular weight is 104 g/mol. The van der Waals surface area contributed by atoms with E-state index < -0.39 is 0 Å². The highest BCUT2D eigenvalue weighted by atomic mass is 15.2. The van der Waals surface area contributed by atoms with Crippen LogP contribution in [0.2, 0.25) is 0 Å². The van der Waals surface area contributed by atoms with Crippen molar-refractivity contribution < 1.29 is 0 Å². The van der Waals surface area contributed by atoms with Gasteiger partial charge in [0.2, 0.25) is 0 Å². The van der Waals surface area contributed by atoms with E-state index in [0.29, 0.717) is 0 Å². The van der Waals surface area contributed by atoms with E-state index in [0.717, 1.165) is 0 Å². The normalized spacial score (nSPS) is 8.38. The van der Waals surface area contributed by atoms with E-state index in [1.807, 2.05) is 5.97 Å². The minimum atomic E-state index is 1.32. The van der Waals surface area contributed by atoms with Crippen LogP contribution in [0.4, 0.5) is 0 Å². The molecule has 0 bridgehead atoms. The van der Waals surface area contributed by atoms with Gasteiger partial charge in [-0.3, -0.25) is 5.26 Å². The Hall–Kier alpha value is -1.24. The van der Waals surface area contributed by atoms with E-state index in [1.54, 1.807) is 18.5 Å². The maximum Gasteiger partial charge on any atom is 0.0442 e. The second-order valence-electron chi connectivity index (χ2n) is 1.24. The van der Waals surface area contributed by atoms with Crippen LogP contribution in [-0.2, 0) is 0 Å². The Morgan fingerprint density at radius 2 is 2.62 bits per heavy atom. The molecule has 1 rings (SSSR count). The zero-order valence-electron chi connectivity index (χ0n) is 4.15. The standard InChI is InChI=1S/C4H3BN3/c6-4-5-8-3-1-2-7-8/h1-3H/q-1. The number of nitriles is 1. The van der Waals surface area contributed by atoms with Gasteiger partial charge in [0.15, 0.2) is 0 Å². The summed E-state index contributed by atoms with van der Waals surface area (Å²) in [5.74, 6) is 1.85. The van der Waals surface area contributed by atoms with Crippen LogP contribution in [-0.4, -0.2) is 17.1 Å². The second-order valence-corrected chi connectivity index (χ2v) is 1.24. The highest BCUT2D eigenvalue weighted by Gasteiger charge is 1.69. The fraction of sp³-hybridized carbons (Fsp3) is 0. The highest BCUT2D eigenvalue weighted by Crippen LogP contribution is 1.76. The van der Waals surface area contributed by atoms with Gasteiger partial charge in [-0.05, 0) is 19.7 Å². The summed E-state index contributed by atoms with van der Waals surface area (Å²) < 4.78 is 1.44. The van der Waals surface area contributed by atoms with Gasteiger partial charge < -0.3 is 4.59 Å².